The molecule has 0 unspecified atom stereocenters. The van der Waals surface area contributed by atoms with Crippen molar-refractivity contribution < 1.29 is 37.4 Å². The van der Waals surface area contributed by atoms with E-state index in [1.807, 2.05) is 91.0 Å². The maximum Gasteiger partial charge on any atom is 0.586 e. The van der Waals surface area contributed by atoms with E-state index in [9.17, 15) is 23.7 Å². The highest BCUT2D eigenvalue weighted by molar-refractivity contribution is 5.76. The van der Waals surface area contributed by atoms with Crippen LogP contribution in [-0.2, 0) is 15.1 Å². The van der Waals surface area contributed by atoms with Gasteiger partial charge in [0.05, 0.1) is 23.6 Å². The summed E-state index contributed by atoms with van der Waals surface area (Å²) >= 11 is 0. The van der Waals surface area contributed by atoms with Crippen molar-refractivity contribution >= 4 is 11.7 Å². The highest BCUT2D eigenvalue weighted by atomic mass is 19.3. The van der Waals surface area contributed by atoms with Crippen LogP contribution in [0.25, 0.3) is 0 Å². The van der Waals surface area contributed by atoms with Crippen LogP contribution in [0.1, 0.15) is 16.7 Å². The maximum atomic E-state index is 13.6. The van der Waals surface area contributed by atoms with Crippen LogP contribution in [0.15, 0.2) is 103 Å². The molecule has 0 aliphatic carbocycles. The predicted molar refractivity (Wildman–Crippen MR) is 143 cm³/mol. The van der Waals surface area contributed by atoms with Crippen LogP contribution >= 0.6 is 0 Å². The SMILES string of the molecule is COC(=O)[C@H](COc1cc2c(cc1[N+](=O)[O-])OC(F)(F)O2)NC(c1ccccc1)(c1ccccc1)c1ccccc1. The Hall–Kier alpha value is -5.03. The molecular formula is C30H24F2N2O7. The summed E-state index contributed by atoms with van der Waals surface area (Å²) < 4.78 is 46.8. The van der Waals surface area contributed by atoms with E-state index in [2.05, 4.69) is 14.8 Å². The third-order valence-corrected chi connectivity index (χ3v) is 6.58. The van der Waals surface area contributed by atoms with Crippen molar-refractivity contribution in [3.8, 4) is 17.2 Å². The Morgan fingerprint density at radius 3 is 1.80 bits per heavy atom. The van der Waals surface area contributed by atoms with E-state index in [4.69, 9.17) is 9.47 Å². The number of rotatable bonds is 10. The summed E-state index contributed by atoms with van der Waals surface area (Å²) in [6, 6.07) is 28.8. The fraction of sp³-hybridized carbons (Fsp3) is 0.167. The van der Waals surface area contributed by atoms with Gasteiger partial charge >= 0.3 is 18.0 Å². The first-order valence-corrected chi connectivity index (χ1v) is 12.5. The summed E-state index contributed by atoms with van der Waals surface area (Å²) in [5, 5.41) is 15.1. The van der Waals surface area contributed by atoms with Crippen LogP contribution in [0, 0.1) is 10.1 Å². The number of nitro benzene ring substituents is 1. The number of nitrogens with one attached hydrogen (secondary N) is 1. The number of halogens is 2. The third kappa shape index (κ3) is 5.52. The lowest BCUT2D eigenvalue weighted by atomic mass is 9.76. The summed E-state index contributed by atoms with van der Waals surface area (Å²) in [5.41, 5.74) is 0.636. The largest absolute Gasteiger partial charge is 0.586 e. The molecule has 4 aromatic rings. The van der Waals surface area contributed by atoms with E-state index < -0.39 is 58.3 Å². The molecule has 41 heavy (non-hydrogen) atoms. The molecule has 0 radical (unpaired) electrons. The van der Waals surface area contributed by atoms with Gasteiger partial charge in [-0.2, -0.15) is 0 Å². The Balaban J connectivity index is 1.57. The number of nitrogens with zero attached hydrogens (tertiary/aromatic N) is 1. The number of esters is 1. The van der Waals surface area contributed by atoms with Crippen molar-refractivity contribution in [2.24, 2.45) is 0 Å². The number of benzene rings is 4. The molecule has 1 heterocycles. The van der Waals surface area contributed by atoms with Gasteiger partial charge in [-0.1, -0.05) is 91.0 Å². The van der Waals surface area contributed by atoms with Gasteiger partial charge in [-0.3, -0.25) is 20.2 Å². The minimum Gasteiger partial charge on any atom is -0.484 e. The van der Waals surface area contributed by atoms with Gasteiger partial charge in [0.2, 0.25) is 5.75 Å². The number of nitro groups is 1. The van der Waals surface area contributed by atoms with Gasteiger partial charge < -0.3 is 18.9 Å². The van der Waals surface area contributed by atoms with Crippen molar-refractivity contribution in [3.63, 3.8) is 0 Å². The lowest BCUT2D eigenvalue weighted by Gasteiger charge is -2.39. The van der Waals surface area contributed by atoms with Crippen LogP contribution < -0.4 is 19.5 Å². The van der Waals surface area contributed by atoms with Gasteiger partial charge in [-0.15, -0.1) is 8.78 Å². The Morgan fingerprint density at radius 2 is 1.37 bits per heavy atom. The number of hydrogen-bond donors (Lipinski definition) is 1. The topological polar surface area (TPSA) is 109 Å². The molecular weight excluding hydrogens is 538 g/mol. The molecule has 0 saturated carbocycles. The minimum absolute atomic E-state index is 0.393. The van der Waals surface area contributed by atoms with Crippen LogP contribution in [0.5, 0.6) is 17.2 Å². The predicted octanol–water partition coefficient (Wildman–Crippen LogP) is 5.42. The number of carbonyl (C=O) groups is 1. The van der Waals surface area contributed by atoms with E-state index in [0.717, 1.165) is 28.8 Å². The number of hydrogen-bond acceptors (Lipinski definition) is 8. The lowest BCUT2D eigenvalue weighted by Crippen LogP contribution is -2.55. The molecule has 5 rings (SSSR count). The number of fused-ring (bicyclic) bond motifs is 1. The van der Waals surface area contributed by atoms with Gasteiger partial charge in [-0.05, 0) is 16.7 Å². The molecule has 11 heteroatoms. The quantitative estimate of drug-likeness (QED) is 0.118. The lowest BCUT2D eigenvalue weighted by molar-refractivity contribution is -0.386. The average Bonchev–Trinajstić information content (AvgIpc) is 3.30. The molecule has 0 fully saturated rings. The third-order valence-electron chi connectivity index (χ3n) is 6.58. The second kappa shape index (κ2) is 11.2. The van der Waals surface area contributed by atoms with Crippen LogP contribution in [0.3, 0.4) is 0 Å². The standard InChI is InChI=1S/C30H24F2N2O7/c1-38-28(35)23(19-39-25-18-27-26(17-24(25)34(36)37)40-30(31,32)41-27)33-29(20-11-5-2-6-12-20,21-13-7-3-8-14-21)22-15-9-4-10-16-22/h2-18,23,33H,19H2,1H3/t23-/m0/s1. The highest BCUT2D eigenvalue weighted by Crippen LogP contribution is 2.47. The Labute approximate surface area is 233 Å². The highest BCUT2D eigenvalue weighted by Gasteiger charge is 2.45. The van der Waals surface area contributed by atoms with Crippen molar-refractivity contribution in [1.82, 2.24) is 5.32 Å². The fourth-order valence-corrected chi connectivity index (χ4v) is 4.79. The molecule has 4 aromatic carbocycles. The van der Waals surface area contributed by atoms with Crippen LogP contribution in [0.4, 0.5) is 14.5 Å². The van der Waals surface area contributed by atoms with Gasteiger partial charge in [0, 0.05) is 6.07 Å². The number of carbonyl (C=O) groups excluding carboxylic acids is 1. The maximum absolute atomic E-state index is 13.6. The monoisotopic (exact) mass is 562 g/mol. The van der Waals surface area contributed by atoms with Gasteiger partial charge in [0.15, 0.2) is 11.5 Å². The first-order valence-electron chi connectivity index (χ1n) is 12.5. The Bertz CT molecular complexity index is 1440. The van der Waals surface area contributed by atoms with Crippen LogP contribution in [-0.4, -0.2) is 36.9 Å². The normalized spacial score (nSPS) is 14.2. The Kier molecular flexibility index (Phi) is 7.54. The molecule has 0 saturated heterocycles. The average molecular weight is 563 g/mol. The summed E-state index contributed by atoms with van der Waals surface area (Å²) in [4.78, 5) is 24.1. The molecule has 210 valence electrons. The number of alkyl halides is 2. The molecule has 0 aromatic heterocycles. The van der Waals surface area contributed by atoms with E-state index in [-0.39, 0.29) is 0 Å². The zero-order valence-corrected chi connectivity index (χ0v) is 21.7. The smallest absolute Gasteiger partial charge is 0.484 e. The van der Waals surface area contributed by atoms with E-state index in [1.54, 1.807) is 0 Å². The molecule has 0 amide bonds. The molecule has 1 atom stereocenters. The number of methoxy groups -OCH3 is 1. The van der Waals surface area contributed by atoms with Gasteiger partial charge in [0.25, 0.3) is 0 Å². The number of ether oxygens (including phenoxy) is 4. The first-order chi connectivity index (χ1) is 19.7. The summed E-state index contributed by atoms with van der Waals surface area (Å²) in [6.45, 7) is -0.461. The molecule has 1 aliphatic rings. The second-order valence-electron chi connectivity index (χ2n) is 9.07. The Morgan fingerprint density at radius 1 is 0.902 bits per heavy atom. The molecule has 0 spiro atoms. The van der Waals surface area contributed by atoms with Crippen molar-refractivity contribution in [2.45, 2.75) is 17.9 Å². The fourth-order valence-electron chi connectivity index (χ4n) is 4.79. The molecule has 9 nitrogen and oxygen atoms in total. The molecule has 0 bridgehead atoms. The van der Waals surface area contributed by atoms with E-state index in [1.165, 1.54) is 7.11 Å². The minimum atomic E-state index is -3.98. The summed E-state index contributed by atoms with van der Waals surface area (Å²) in [5.74, 6) is -2.05. The summed E-state index contributed by atoms with van der Waals surface area (Å²) in [6.07, 6.45) is -3.98. The molecule has 1 aliphatic heterocycles. The second-order valence-corrected chi connectivity index (χ2v) is 9.07. The van der Waals surface area contributed by atoms with Crippen molar-refractivity contribution in [3.05, 3.63) is 130 Å². The first kappa shape index (κ1) is 27.5. The zero-order valence-electron chi connectivity index (χ0n) is 21.7. The van der Waals surface area contributed by atoms with E-state index in [0.29, 0.717) is 0 Å². The zero-order chi connectivity index (χ0) is 29.0. The van der Waals surface area contributed by atoms with Crippen LogP contribution in [0.2, 0.25) is 0 Å². The van der Waals surface area contributed by atoms with E-state index >= 15 is 0 Å². The van der Waals surface area contributed by atoms with Gasteiger partial charge in [0.1, 0.15) is 12.6 Å². The van der Waals surface area contributed by atoms with Crippen molar-refractivity contribution in [2.75, 3.05) is 13.7 Å². The molecule has 1 N–H and O–H groups in total. The summed E-state index contributed by atoms with van der Waals surface area (Å²) in [7, 11) is 1.21. The van der Waals surface area contributed by atoms with Crippen molar-refractivity contribution in [1.29, 1.82) is 0 Å². The van der Waals surface area contributed by atoms with Gasteiger partial charge in [-0.25, -0.2) is 0 Å².